The number of halogens is 2. The van der Waals surface area contributed by atoms with Crippen molar-refractivity contribution >= 4 is 35.8 Å². The summed E-state index contributed by atoms with van der Waals surface area (Å²) in [6.45, 7) is 5.85. The van der Waals surface area contributed by atoms with Crippen molar-refractivity contribution in [2.45, 2.75) is 76.7 Å². The number of nitrogens with zero attached hydrogens (tertiary/aromatic N) is 2. The summed E-state index contributed by atoms with van der Waals surface area (Å²) in [6.07, 6.45) is 4.04. The largest absolute Gasteiger partial charge is 0.350 e. The van der Waals surface area contributed by atoms with Gasteiger partial charge in [-0.1, -0.05) is 74.0 Å². The first kappa shape index (κ1) is 29.4. The molecule has 0 bridgehead atoms. The van der Waals surface area contributed by atoms with E-state index < -0.39 is 6.04 Å². The van der Waals surface area contributed by atoms with Crippen LogP contribution in [0.4, 0.5) is 0 Å². The second-order valence-corrected chi connectivity index (χ2v) is 11.1. The molecule has 2 aromatic carbocycles. The third kappa shape index (κ3) is 7.47. The zero-order valence-corrected chi connectivity index (χ0v) is 23.4. The van der Waals surface area contributed by atoms with E-state index in [1.165, 1.54) is 5.56 Å². The van der Waals surface area contributed by atoms with Gasteiger partial charge in [0.05, 0.1) is 6.04 Å². The van der Waals surface area contributed by atoms with Crippen LogP contribution in [0.5, 0.6) is 0 Å². The van der Waals surface area contributed by atoms with Gasteiger partial charge in [0.25, 0.3) is 0 Å². The van der Waals surface area contributed by atoms with Crippen molar-refractivity contribution < 1.29 is 9.59 Å². The van der Waals surface area contributed by atoms with Crippen LogP contribution in [0.2, 0.25) is 5.02 Å². The van der Waals surface area contributed by atoms with Gasteiger partial charge in [-0.15, -0.1) is 12.4 Å². The van der Waals surface area contributed by atoms with Crippen molar-refractivity contribution in [2.75, 3.05) is 13.1 Å². The molecule has 2 saturated heterocycles. The zero-order valence-electron chi connectivity index (χ0n) is 21.8. The van der Waals surface area contributed by atoms with Gasteiger partial charge in [-0.3, -0.25) is 14.5 Å². The van der Waals surface area contributed by atoms with Crippen molar-refractivity contribution in [3.8, 4) is 0 Å². The summed E-state index contributed by atoms with van der Waals surface area (Å²) in [4.78, 5) is 31.5. The molecule has 4 rings (SSSR count). The molecular formula is C29H40Cl2N4O2. The molecule has 2 amide bonds. The summed E-state index contributed by atoms with van der Waals surface area (Å²) in [5.74, 6) is 0.199. The number of rotatable bonds is 9. The number of amides is 2. The summed E-state index contributed by atoms with van der Waals surface area (Å²) in [5, 5.41) is 3.68. The first-order valence-corrected chi connectivity index (χ1v) is 13.6. The predicted molar refractivity (Wildman–Crippen MR) is 152 cm³/mol. The Bertz CT molecular complexity index is 1040. The smallest absolute Gasteiger partial charge is 0.243 e. The highest BCUT2D eigenvalue weighted by atomic mass is 35.5. The van der Waals surface area contributed by atoms with Gasteiger partial charge in [-0.25, -0.2) is 0 Å². The molecule has 2 heterocycles. The average molecular weight is 548 g/mol. The van der Waals surface area contributed by atoms with Crippen molar-refractivity contribution in [1.29, 1.82) is 0 Å². The molecule has 37 heavy (non-hydrogen) atoms. The maximum absolute atomic E-state index is 13.9. The van der Waals surface area contributed by atoms with E-state index in [9.17, 15) is 9.59 Å². The molecule has 1 unspecified atom stereocenters. The van der Waals surface area contributed by atoms with E-state index in [1.807, 2.05) is 35.2 Å². The van der Waals surface area contributed by atoms with Gasteiger partial charge in [0.15, 0.2) is 0 Å². The predicted octanol–water partition coefficient (Wildman–Crippen LogP) is 4.43. The Morgan fingerprint density at radius 3 is 2.54 bits per heavy atom. The molecule has 8 heteroatoms. The quantitative estimate of drug-likeness (QED) is 0.487. The number of carbonyl (C=O) groups excluding carboxylic acids is 2. The number of benzene rings is 2. The molecule has 2 aliphatic rings. The molecule has 2 aliphatic heterocycles. The average Bonchev–Trinajstić information content (AvgIpc) is 3.20. The summed E-state index contributed by atoms with van der Waals surface area (Å²) in [7, 11) is 0. The monoisotopic (exact) mass is 546 g/mol. The fourth-order valence-corrected chi connectivity index (χ4v) is 5.86. The Morgan fingerprint density at radius 1 is 1.14 bits per heavy atom. The van der Waals surface area contributed by atoms with Crippen LogP contribution in [-0.2, 0) is 22.6 Å². The van der Waals surface area contributed by atoms with Crippen LogP contribution in [0, 0.1) is 5.92 Å². The molecule has 6 nitrogen and oxygen atoms in total. The lowest BCUT2D eigenvalue weighted by molar-refractivity contribution is -0.143. The van der Waals surface area contributed by atoms with E-state index in [-0.39, 0.29) is 48.3 Å². The Hall–Kier alpha value is -2.12. The third-order valence-corrected chi connectivity index (χ3v) is 7.87. The lowest BCUT2D eigenvalue weighted by Crippen LogP contribution is -2.53. The number of fused-ring (bicyclic) bond motifs is 1. The van der Waals surface area contributed by atoms with Crippen LogP contribution in [0.3, 0.4) is 0 Å². The molecule has 2 aromatic rings. The van der Waals surface area contributed by atoms with Crippen molar-refractivity contribution in [2.24, 2.45) is 11.7 Å². The van der Waals surface area contributed by atoms with Crippen LogP contribution in [0.1, 0.15) is 50.7 Å². The van der Waals surface area contributed by atoms with Crippen LogP contribution >= 0.6 is 24.0 Å². The van der Waals surface area contributed by atoms with Gasteiger partial charge in [-0.05, 0) is 55.2 Å². The van der Waals surface area contributed by atoms with Gasteiger partial charge in [0, 0.05) is 36.7 Å². The molecule has 3 N–H and O–H groups in total. The number of nitrogens with one attached hydrogen (secondary N) is 1. The lowest BCUT2D eigenvalue weighted by Gasteiger charge is -2.33. The highest BCUT2D eigenvalue weighted by Gasteiger charge is 2.45. The second-order valence-electron chi connectivity index (χ2n) is 10.7. The number of aryl methyl sites for hydroxylation is 1. The van der Waals surface area contributed by atoms with E-state index in [0.717, 1.165) is 31.4 Å². The number of hydrogen-bond acceptors (Lipinski definition) is 4. The first-order chi connectivity index (χ1) is 17.3. The molecule has 0 radical (unpaired) electrons. The topological polar surface area (TPSA) is 78.7 Å². The minimum absolute atomic E-state index is 0. The highest BCUT2D eigenvalue weighted by Crippen LogP contribution is 2.30. The number of carbonyl (C=O) groups is 2. The normalized spacial score (nSPS) is 22.8. The van der Waals surface area contributed by atoms with Crippen molar-refractivity contribution in [3.05, 3.63) is 70.7 Å². The Labute approximate surface area is 232 Å². The van der Waals surface area contributed by atoms with E-state index in [2.05, 4.69) is 48.3 Å². The molecule has 0 aliphatic carbocycles. The summed E-state index contributed by atoms with van der Waals surface area (Å²) < 4.78 is 0. The van der Waals surface area contributed by atoms with E-state index >= 15 is 0 Å². The maximum atomic E-state index is 13.9. The van der Waals surface area contributed by atoms with Gasteiger partial charge in [0.2, 0.25) is 11.8 Å². The first-order valence-electron chi connectivity index (χ1n) is 13.2. The fraction of sp³-hybridized carbons (Fsp3) is 0.517. The van der Waals surface area contributed by atoms with Crippen LogP contribution in [0.25, 0.3) is 0 Å². The molecule has 0 saturated carbocycles. The summed E-state index contributed by atoms with van der Waals surface area (Å²) in [6, 6.07) is 17.5. The molecule has 202 valence electrons. The van der Waals surface area contributed by atoms with E-state index in [1.54, 1.807) is 0 Å². The van der Waals surface area contributed by atoms with Gasteiger partial charge < -0.3 is 16.0 Å². The van der Waals surface area contributed by atoms with Gasteiger partial charge in [0.1, 0.15) is 6.04 Å². The summed E-state index contributed by atoms with van der Waals surface area (Å²) >= 11 is 6.30. The van der Waals surface area contributed by atoms with Crippen LogP contribution in [-0.4, -0.2) is 58.9 Å². The fourth-order valence-electron chi connectivity index (χ4n) is 5.66. The molecule has 2 fully saturated rings. The van der Waals surface area contributed by atoms with E-state index in [4.69, 9.17) is 17.3 Å². The minimum Gasteiger partial charge on any atom is -0.350 e. The minimum atomic E-state index is -0.508. The number of hydrogen-bond donors (Lipinski definition) is 2. The standard InChI is InChI=1S/C29H39ClN4O2.ClH/c1-20(2)16-26(28(35)32-18-22-10-6-7-11-25(22)30)33-15-14-24(13-12-21-8-4-3-5-9-21)34-19-23(31)17-27(34)29(33)36;/h3-11,20,23-24,26-27H,12-19,31H2,1-2H3,(H,32,35);1H/t23-,24?,26-,27+;/m1./s1. The zero-order chi connectivity index (χ0) is 25.7. The molecular weight excluding hydrogens is 507 g/mol. The summed E-state index contributed by atoms with van der Waals surface area (Å²) in [5.41, 5.74) is 8.54. The van der Waals surface area contributed by atoms with E-state index in [0.29, 0.717) is 31.0 Å². The Balaban J connectivity index is 0.00000380. The van der Waals surface area contributed by atoms with Crippen LogP contribution in [0.15, 0.2) is 54.6 Å². The molecule has 0 spiro atoms. The van der Waals surface area contributed by atoms with Gasteiger partial charge >= 0.3 is 0 Å². The van der Waals surface area contributed by atoms with Crippen LogP contribution < -0.4 is 11.1 Å². The molecule has 0 aromatic heterocycles. The molecule has 4 atom stereocenters. The maximum Gasteiger partial charge on any atom is 0.243 e. The van der Waals surface area contributed by atoms with Crippen molar-refractivity contribution in [3.63, 3.8) is 0 Å². The van der Waals surface area contributed by atoms with Crippen molar-refractivity contribution in [1.82, 2.24) is 15.1 Å². The SMILES string of the molecule is CC(C)C[C@H](C(=O)NCc1ccccc1Cl)N1CCC(CCc2ccccc2)N2C[C@H](N)C[C@H]2C1=O.Cl. The van der Waals surface area contributed by atoms with Gasteiger partial charge in [-0.2, -0.15) is 0 Å². The second kappa shape index (κ2) is 13.6. The lowest BCUT2D eigenvalue weighted by atomic mass is 9.99. The Kier molecular flexibility index (Phi) is 10.8. The third-order valence-electron chi connectivity index (χ3n) is 7.51. The Morgan fingerprint density at radius 2 is 1.84 bits per heavy atom. The number of nitrogens with two attached hydrogens (primary N) is 1. The highest BCUT2D eigenvalue weighted by molar-refractivity contribution is 6.31.